The van der Waals surface area contributed by atoms with Crippen molar-refractivity contribution in [1.29, 1.82) is 0 Å². The minimum atomic E-state index is -1.14. The molecular formula is C7H4FN3O2. The van der Waals surface area contributed by atoms with Gasteiger partial charge in [0.15, 0.2) is 11.3 Å². The molecular weight excluding hydrogens is 177 g/mol. The Balaban J connectivity index is 2.76. The van der Waals surface area contributed by atoms with Crippen molar-refractivity contribution in [2.45, 2.75) is 0 Å². The summed E-state index contributed by atoms with van der Waals surface area (Å²) in [7, 11) is 0. The van der Waals surface area contributed by atoms with Gasteiger partial charge in [0.1, 0.15) is 0 Å². The SMILES string of the molecule is O=C(O)c1[nH]nc2nc(F)ccc12. The van der Waals surface area contributed by atoms with Crippen molar-refractivity contribution >= 4 is 17.0 Å². The quantitative estimate of drug-likeness (QED) is 0.637. The summed E-state index contributed by atoms with van der Waals surface area (Å²) in [6.45, 7) is 0. The first-order valence-electron chi connectivity index (χ1n) is 3.42. The number of fused-ring (bicyclic) bond motifs is 1. The smallest absolute Gasteiger partial charge is 0.354 e. The van der Waals surface area contributed by atoms with E-state index < -0.39 is 11.9 Å². The largest absolute Gasteiger partial charge is 0.477 e. The van der Waals surface area contributed by atoms with Crippen molar-refractivity contribution in [2.75, 3.05) is 0 Å². The number of nitrogens with zero attached hydrogens (tertiary/aromatic N) is 2. The van der Waals surface area contributed by atoms with Crippen molar-refractivity contribution in [3.05, 3.63) is 23.8 Å². The fourth-order valence-electron chi connectivity index (χ4n) is 1.04. The fourth-order valence-corrected chi connectivity index (χ4v) is 1.04. The van der Waals surface area contributed by atoms with Crippen molar-refractivity contribution < 1.29 is 14.3 Å². The molecule has 2 heterocycles. The van der Waals surface area contributed by atoms with Gasteiger partial charge in [-0.2, -0.15) is 14.5 Å². The first-order valence-corrected chi connectivity index (χ1v) is 3.42. The Kier molecular flexibility index (Phi) is 1.48. The van der Waals surface area contributed by atoms with Crippen LogP contribution < -0.4 is 0 Å². The number of hydrogen-bond donors (Lipinski definition) is 2. The zero-order valence-electron chi connectivity index (χ0n) is 6.28. The van der Waals surface area contributed by atoms with E-state index in [9.17, 15) is 9.18 Å². The number of carboxylic acids is 1. The topological polar surface area (TPSA) is 78.9 Å². The van der Waals surface area contributed by atoms with Crippen LogP contribution in [0.25, 0.3) is 11.0 Å². The average Bonchev–Trinajstić information content (AvgIpc) is 2.46. The van der Waals surface area contributed by atoms with Gasteiger partial charge >= 0.3 is 5.97 Å². The zero-order valence-corrected chi connectivity index (χ0v) is 6.28. The lowest BCUT2D eigenvalue weighted by atomic mass is 10.3. The van der Waals surface area contributed by atoms with Crippen molar-refractivity contribution in [3.8, 4) is 0 Å². The van der Waals surface area contributed by atoms with Gasteiger partial charge in [0.25, 0.3) is 0 Å². The van der Waals surface area contributed by atoms with Crippen LogP contribution in [-0.4, -0.2) is 26.3 Å². The lowest BCUT2D eigenvalue weighted by Crippen LogP contribution is -1.96. The zero-order chi connectivity index (χ0) is 9.42. The van der Waals surface area contributed by atoms with Crippen LogP contribution in [-0.2, 0) is 0 Å². The van der Waals surface area contributed by atoms with E-state index in [-0.39, 0.29) is 11.3 Å². The highest BCUT2D eigenvalue weighted by atomic mass is 19.1. The molecule has 2 aromatic heterocycles. The van der Waals surface area contributed by atoms with Crippen molar-refractivity contribution in [3.63, 3.8) is 0 Å². The molecule has 2 N–H and O–H groups in total. The van der Waals surface area contributed by atoms with E-state index in [1.54, 1.807) is 0 Å². The minimum Gasteiger partial charge on any atom is -0.477 e. The average molecular weight is 181 g/mol. The number of H-pyrrole nitrogens is 1. The number of aromatic carboxylic acids is 1. The molecule has 0 spiro atoms. The second-order valence-electron chi connectivity index (χ2n) is 2.41. The maximum Gasteiger partial charge on any atom is 0.354 e. The van der Waals surface area contributed by atoms with E-state index in [0.29, 0.717) is 5.39 Å². The van der Waals surface area contributed by atoms with E-state index in [1.807, 2.05) is 0 Å². The van der Waals surface area contributed by atoms with Gasteiger partial charge in [-0.3, -0.25) is 5.10 Å². The number of aromatic nitrogens is 3. The molecule has 66 valence electrons. The van der Waals surface area contributed by atoms with Crippen LogP contribution in [0.1, 0.15) is 10.5 Å². The molecule has 2 rings (SSSR count). The molecule has 5 nitrogen and oxygen atoms in total. The van der Waals surface area contributed by atoms with E-state index in [1.165, 1.54) is 6.07 Å². The highest BCUT2D eigenvalue weighted by Crippen LogP contribution is 2.13. The van der Waals surface area contributed by atoms with Gasteiger partial charge in [-0.1, -0.05) is 0 Å². The van der Waals surface area contributed by atoms with E-state index >= 15 is 0 Å². The number of rotatable bonds is 1. The summed E-state index contributed by atoms with van der Waals surface area (Å²) in [6.07, 6.45) is 0. The van der Waals surface area contributed by atoms with Crippen LogP contribution in [0.2, 0.25) is 0 Å². The van der Waals surface area contributed by atoms with Gasteiger partial charge in [-0.15, -0.1) is 0 Å². The monoisotopic (exact) mass is 181 g/mol. The third-order valence-corrected chi connectivity index (χ3v) is 1.60. The van der Waals surface area contributed by atoms with Crippen LogP contribution in [0.5, 0.6) is 0 Å². The Morgan fingerprint density at radius 3 is 3.00 bits per heavy atom. The van der Waals surface area contributed by atoms with Gasteiger partial charge in [0, 0.05) is 0 Å². The van der Waals surface area contributed by atoms with E-state index in [4.69, 9.17) is 5.11 Å². The number of hydrogen-bond acceptors (Lipinski definition) is 3. The third-order valence-electron chi connectivity index (χ3n) is 1.60. The van der Waals surface area contributed by atoms with Gasteiger partial charge < -0.3 is 5.11 Å². The number of halogens is 1. The number of carboxylic acid groups (broad SMARTS) is 1. The molecule has 0 aliphatic heterocycles. The Bertz CT molecular complexity index is 480. The molecule has 0 bridgehead atoms. The summed E-state index contributed by atoms with van der Waals surface area (Å²) >= 11 is 0. The maximum atomic E-state index is 12.5. The lowest BCUT2D eigenvalue weighted by Gasteiger charge is -1.89. The number of nitrogens with one attached hydrogen (secondary N) is 1. The fraction of sp³-hybridized carbons (Fsp3) is 0. The maximum absolute atomic E-state index is 12.5. The summed E-state index contributed by atoms with van der Waals surface area (Å²) in [4.78, 5) is 14.0. The summed E-state index contributed by atoms with van der Waals surface area (Å²) < 4.78 is 12.5. The number of aromatic amines is 1. The van der Waals surface area contributed by atoms with Crippen LogP contribution in [0.4, 0.5) is 4.39 Å². The molecule has 13 heavy (non-hydrogen) atoms. The standard InChI is InChI=1S/C7H4FN3O2/c8-4-2-1-3-5(7(12)13)10-11-6(3)9-4/h1-2H,(H,12,13)(H,9,10,11). The third kappa shape index (κ3) is 1.12. The lowest BCUT2D eigenvalue weighted by molar-refractivity contribution is 0.0692. The van der Waals surface area contributed by atoms with Crippen LogP contribution >= 0.6 is 0 Å². The molecule has 0 fully saturated rings. The van der Waals surface area contributed by atoms with Crippen molar-refractivity contribution in [1.82, 2.24) is 15.2 Å². The Labute approximate surface area is 71.2 Å². The normalized spacial score (nSPS) is 10.5. The Hall–Kier alpha value is -1.98. The number of carbonyl (C=O) groups is 1. The molecule has 0 aromatic carbocycles. The molecule has 2 aromatic rings. The Morgan fingerprint density at radius 2 is 2.31 bits per heavy atom. The molecule has 0 aliphatic rings. The second-order valence-corrected chi connectivity index (χ2v) is 2.41. The van der Waals surface area contributed by atoms with Gasteiger partial charge in [-0.25, -0.2) is 4.79 Å². The summed E-state index contributed by atoms with van der Waals surface area (Å²) in [6, 6.07) is 2.41. The minimum absolute atomic E-state index is 0.0670. The van der Waals surface area contributed by atoms with Gasteiger partial charge in [-0.05, 0) is 12.1 Å². The first kappa shape index (κ1) is 7.66. The first-order chi connectivity index (χ1) is 6.18. The number of pyridine rings is 1. The molecule has 0 saturated heterocycles. The summed E-state index contributed by atoms with van der Waals surface area (Å²) in [5.74, 6) is -1.83. The molecule has 0 saturated carbocycles. The van der Waals surface area contributed by atoms with Crippen molar-refractivity contribution in [2.24, 2.45) is 0 Å². The molecule has 6 heteroatoms. The van der Waals surface area contributed by atoms with Gasteiger partial charge in [0.2, 0.25) is 5.95 Å². The molecule has 0 atom stereocenters. The molecule has 0 radical (unpaired) electrons. The molecule has 0 amide bonds. The highest BCUT2D eigenvalue weighted by molar-refractivity contribution is 5.99. The van der Waals surface area contributed by atoms with Crippen LogP contribution in [0, 0.1) is 5.95 Å². The van der Waals surface area contributed by atoms with Crippen LogP contribution in [0.15, 0.2) is 12.1 Å². The van der Waals surface area contributed by atoms with E-state index in [0.717, 1.165) is 6.07 Å². The second kappa shape index (κ2) is 2.51. The van der Waals surface area contributed by atoms with Crippen LogP contribution in [0.3, 0.4) is 0 Å². The molecule has 0 aliphatic carbocycles. The van der Waals surface area contributed by atoms with E-state index in [2.05, 4.69) is 15.2 Å². The summed E-state index contributed by atoms with van der Waals surface area (Å²) in [5, 5.41) is 14.8. The highest BCUT2D eigenvalue weighted by Gasteiger charge is 2.12. The predicted octanol–water partition coefficient (Wildman–Crippen LogP) is 0.795. The Morgan fingerprint density at radius 1 is 1.54 bits per heavy atom. The predicted molar refractivity (Wildman–Crippen MR) is 40.8 cm³/mol. The van der Waals surface area contributed by atoms with Gasteiger partial charge in [0.05, 0.1) is 5.39 Å². The molecule has 0 unspecified atom stereocenters. The summed E-state index contributed by atoms with van der Waals surface area (Å²) in [5.41, 5.74) is -0.0140.